The predicted octanol–water partition coefficient (Wildman–Crippen LogP) is 3.87. The Balaban J connectivity index is 1.77. The first kappa shape index (κ1) is 19.5. The monoisotopic (exact) mass is 418 g/mol. The van der Waals surface area contributed by atoms with Gasteiger partial charge < -0.3 is 15.8 Å². The molecule has 0 fully saturated rings. The quantitative estimate of drug-likeness (QED) is 0.449. The van der Waals surface area contributed by atoms with Crippen LogP contribution in [0.1, 0.15) is 10.4 Å². The summed E-state index contributed by atoms with van der Waals surface area (Å²) in [6, 6.07) is 11.7. The highest BCUT2D eigenvalue weighted by Crippen LogP contribution is 2.32. The van der Waals surface area contributed by atoms with Crippen molar-refractivity contribution in [2.24, 2.45) is 0 Å². The van der Waals surface area contributed by atoms with Crippen LogP contribution in [0, 0.1) is 0 Å². The third-order valence-corrected chi connectivity index (χ3v) is 4.28. The molecule has 0 atom stereocenters. The Morgan fingerprint density at radius 2 is 1.86 bits per heavy atom. The van der Waals surface area contributed by atoms with Crippen molar-refractivity contribution in [3.8, 4) is 5.75 Å². The number of nitrogen functional groups attached to an aromatic ring is 1. The van der Waals surface area contributed by atoms with Crippen LogP contribution in [0.15, 0.2) is 48.8 Å². The summed E-state index contributed by atoms with van der Waals surface area (Å²) in [5, 5.41) is 3.88. The molecule has 8 nitrogen and oxygen atoms in total. The van der Waals surface area contributed by atoms with Gasteiger partial charge in [0.25, 0.3) is 5.91 Å². The molecule has 10 heteroatoms. The molecular formula is C18H16Cl2N6O2. The SMILES string of the molecule is COc1ccc(Cl)cc1Nc1ncnc(NNC(=O)c2ccccc2Cl)c1N. The van der Waals surface area contributed by atoms with Crippen LogP contribution in [-0.4, -0.2) is 23.0 Å². The van der Waals surface area contributed by atoms with Crippen LogP contribution in [0.3, 0.4) is 0 Å². The number of hydrogen-bond acceptors (Lipinski definition) is 7. The third-order valence-electron chi connectivity index (χ3n) is 3.71. The number of anilines is 4. The average Bonchev–Trinajstić information content (AvgIpc) is 2.69. The summed E-state index contributed by atoms with van der Waals surface area (Å²) < 4.78 is 5.29. The molecule has 0 aliphatic carbocycles. The molecule has 3 aromatic rings. The first-order chi connectivity index (χ1) is 13.5. The molecular weight excluding hydrogens is 403 g/mol. The van der Waals surface area contributed by atoms with Crippen LogP contribution in [-0.2, 0) is 0 Å². The second kappa shape index (κ2) is 8.64. The number of carbonyl (C=O) groups excluding carboxylic acids is 1. The van der Waals surface area contributed by atoms with E-state index in [4.69, 9.17) is 33.7 Å². The van der Waals surface area contributed by atoms with Crippen molar-refractivity contribution in [3.63, 3.8) is 0 Å². The summed E-state index contributed by atoms with van der Waals surface area (Å²) in [6.45, 7) is 0. The maximum atomic E-state index is 12.3. The first-order valence-corrected chi connectivity index (χ1v) is 8.77. The molecule has 0 aliphatic heterocycles. The molecule has 5 N–H and O–H groups in total. The smallest absolute Gasteiger partial charge is 0.271 e. The summed E-state index contributed by atoms with van der Waals surface area (Å²) in [5.41, 5.74) is 12.4. The number of ether oxygens (including phenoxy) is 1. The van der Waals surface area contributed by atoms with Gasteiger partial charge in [-0.3, -0.25) is 15.6 Å². The lowest BCUT2D eigenvalue weighted by Gasteiger charge is -2.15. The van der Waals surface area contributed by atoms with E-state index in [-0.39, 0.29) is 11.5 Å². The summed E-state index contributed by atoms with van der Waals surface area (Å²) in [6.07, 6.45) is 1.29. The molecule has 0 radical (unpaired) electrons. The van der Waals surface area contributed by atoms with Crippen LogP contribution in [0.5, 0.6) is 5.75 Å². The van der Waals surface area contributed by atoms with Gasteiger partial charge in [0.15, 0.2) is 11.6 Å². The van der Waals surface area contributed by atoms with Crippen molar-refractivity contribution < 1.29 is 9.53 Å². The molecule has 0 spiro atoms. The van der Waals surface area contributed by atoms with Crippen molar-refractivity contribution in [1.29, 1.82) is 0 Å². The standard InChI is InChI=1S/C18H16Cl2N6O2/c1-28-14-7-6-10(19)8-13(14)24-16-15(21)17(23-9-22-16)25-26-18(27)11-4-2-3-5-12(11)20/h2-9H,21H2,1H3,(H,26,27)(H2,22,23,24,25). The lowest BCUT2D eigenvalue weighted by Crippen LogP contribution is -2.30. The molecule has 144 valence electrons. The summed E-state index contributed by atoms with van der Waals surface area (Å²) in [7, 11) is 1.54. The minimum atomic E-state index is -0.436. The summed E-state index contributed by atoms with van der Waals surface area (Å²) >= 11 is 12.1. The average molecular weight is 419 g/mol. The van der Waals surface area contributed by atoms with E-state index in [1.807, 2.05) is 0 Å². The molecule has 28 heavy (non-hydrogen) atoms. The van der Waals surface area contributed by atoms with Crippen LogP contribution in [0.2, 0.25) is 10.0 Å². The molecule has 0 saturated heterocycles. The highest BCUT2D eigenvalue weighted by atomic mass is 35.5. The number of benzene rings is 2. The van der Waals surface area contributed by atoms with Crippen LogP contribution >= 0.6 is 23.2 Å². The molecule has 3 rings (SSSR count). The second-order valence-corrected chi connectivity index (χ2v) is 6.36. The van der Waals surface area contributed by atoms with E-state index >= 15 is 0 Å². The molecule has 1 heterocycles. The molecule has 2 aromatic carbocycles. The Morgan fingerprint density at radius 3 is 2.61 bits per heavy atom. The summed E-state index contributed by atoms with van der Waals surface area (Å²) in [4.78, 5) is 20.4. The Labute approximate surface area is 171 Å². The number of amides is 1. The second-order valence-electron chi connectivity index (χ2n) is 5.51. The van der Waals surface area contributed by atoms with Crippen LogP contribution in [0.4, 0.5) is 23.0 Å². The maximum Gasteiger partial charge on any atom is 0.271 e. The normalized spacial score (nSPS) is 10.2. The van der Waals surface area contributed by atoms with E-state index < -0.39 is 5.91 Å². The van der Waals surface area contributed by atoms with E-state index in [0.717, 1.165) is 0 Å². The van der Waals surface area contributed by atoms with E-state index in [1.165, 1.54) is 13.4 Å². The topological polar surface area (TPSA) is 114 Å². The Bertz CT molecular complexity index is 1020. The van der Waals surface area contributed by atoms with Crippen LogP contribution in [0.25, 0.3) is 0 Å². The van der Waals surface area contributed by atoms with E-state index in [9.17, 15) is 4.79 Å². The maximum absolute atomic E-state index is 12.3. The number of rotatable bonds is 6. The molecule has 0 aliphatic rings. The van der Waals surface area contributed by atoms with E-state index in [0.29, 0.717) is 32.9 Å². The fourth-order valence-corrected chi connectivity index (χ4v) is 2.72. The molecule has 0 bridgehead atoms. The van der Waals surface area contributed by atoms with Crippen molar-refractivity contribution in [1.82, 2.24) is 15.4 Å². The van der Waals surface area contributed by atoms with Gasteiger partial charge in [0, 0.05) is 5.02 Å². The zero-order valence-electron chi connectivity index (χ0n) is 14.7. The highest BCUT2D eigenvalue weighted by Gasteiger charge is 2.13. The van der Waals surface area contributed by atoms with Gasteiger partial charge in [0.1, 0.15) is 17.8 Å². The van der Waals surface area contributed by atoms with Gasteiger partial charge in [-0.05, 0) is 30.3 Å². The third kappa shape index (κ3) is 4.36. The fourth-order valence-electron chi connectivity index (χ4n) is 2.33. The van der Waals surface area contributed by atoms with Crippen molar-refractivity contribution >= 4 is 52.1 Å². The number of nitrogens with one attached hydrogen (secondary N) is 3. The number of carbonyl (C=O) groups is 1. The number of methoxy groups -OCH3 is 1. The van der Waals surface area contributed by atoms with Gasteiger partial charge >= 0.3 is 0 Å². The number of aromatic nitrogens is 2. The lowest BCUT2D eigenvalue weighted by molar-refractivity contribution is 0.0962. The number of hydrogen-bond donors (Lipinski definition) is 4. The minimum absolute atomic E-state index is 0.184. The number of halogens is 2. The van der Waals surface area contributed by atoms with Crippen molar-refractivity contribution in [2.75, 3.05) is 23.6 Å². The zero-order valence-corrected chi connectivity index (χ0v) is 16.2. The fraction of sp³-hybridized carbons (Fsp3) is 0.0556. The molecule has 0 saturated carbocycles. The van der Waals surface area contributed by atoms with Crippen molar-refractivity contribution in [3.05, 3.63) is 64.4 Å². The summed E-state index contributed by atoms with van der Waals surface area (Å²) in [5.74, 6) is 0.641. The number of nitrogens with two attached hydrogens (primary N) is 1. The van der Waals surface area contributed by atoms with Gasteiger partial charge in [-0.25, -0.2) is 9.97 Å². The van der Waals surface area contributed by atoms with Crippen LogP contribution < -0.4 is 26.6 Å². The van der Waals surface area contributed by atoms with Gasteiger partial charge in [-0.2, -0.15) is 0 Å². The molecule has 0 unspecified atom stereocenters. The highest BCUT2D eigenvalue weighted by molar-refractivity contribution is 6.33. The zero-order chi connectivity index (χ0) is 20.1. The number of nitrogens with zero attached hydrogens (tertiary/aromatic N) is 2. The molecule has 1 aromatic heterocycles. The van der Waals surface area contributed by atoms with Gasteiger partial charge in [0.05, 0.1) is 23.4 Å². The van der Waals surface area contributed by atoms with E-state index in [2.05, 4.69) is 26.1 Å². The first-order valence-electron chi connectivity index (χ1n) is 8.01. The minimum Gasteiger partial charge on any atom is -0.495 e. The Hall–Kier alpha value is -3.23. The van der Waals surface area contributed by atoms with Gasteiger partial charge in [-0.1, -0.05) is 35.3 Å². The molecule has 1 amide bonds. The Morgan fingerprint density at radius 1 is 1.11 bits per heavy atom. The number of hydrazine groups is 1. The van der Waals surface area contributed by atoms with Gasteiger partial charge in [-0.15, -0.1) is 0 Å². The van der Waals surface area contributed by atoms with E-state index in [1.54, 1.807) is 42.5 Å². The lowest BCUT2D eigenvalue weighted by atomic mass is 10.2. The van der Waals surface area contributed by atoms with Gasteiger partial charge in [0.2, 0.25) is 0 Å². The predicted molar refractivity (Wildman–Crippen MR) is 110 cm³/mol. The Kier molecular flexibility index (Phi) is 6.03. The largest absolute Gasteiger partial charge is 0.495 e. The van der Waals surface area contributed by atoms with Crippen molar-refractivity contribution in [2.45, 2.75) is 0 Å².